The maximum Gasteiger partial charge on any atom is 0.303 e. The van der Waals surface area contributed by atoms with Crippen molar-refractivity contribution in [2.45, 2.75) is 102 Å². The van der Waals surface area contributed by atoms with E-state index in [9.17, 15) is 15.0 Å². The number of hydrogen-bond donors (Lipinski definition) is 3. The summed E-state index contributed by atoms with van der Waals surface area (Å²) in [6.45, 7) is 6.31. The van der Waals surface area contributed by atoms with Crippen LogP contribution in [0.25, 0.3) is 0 Å². The van der Waals surface area contributed by atoms with Crippen LogP contribution in [0.15, 0.2) is 12.2 Å². The number of ether oxygens (including phenoxy) is 1. The zero-order valence-corrected chi connectivity index (χ0v) is 18.1. The second kappa shape index (κ2) is 10.4. The Morgan fingerprint density at radius 3 is 2.68 bits per heavy atom. The number of carboxylic acids is 1. The van der Waals surface area contributed by atoms with E-state index in [2.05, 4.69) is 20.8 Å². The Morgan fingerprint density at radius 1 is 1.32 bits per heavy atom. The lowest BCUT2D eigenvalue weighted by Crippen LogP contribution is -2.37. The lowest BCUT2D eigenvalue weighted by Gasteiger charge is -2.30. The number of hydrogen-bond acceptors (Lipinski definition) is 4. The summed E-state index contributed by atoms with van der Waals surface area (Å²) in [5, 5.41) is 29.9. The van der Waals surface area contributed by atoms with Crippen LogP contribution in [0, 0.1) is 17.3 Å². The summed E-state index contributed by atoms with van der Waals surface area (Å²) in [6, 6.07) is 0. The van der Waals surface area contributed by atoms with Crippen LogP contribution in [0.3, 0.4) is 0 Å². The third-order valence-corrected chi connectivity index (χ3v) is 6.94. The van der Waals surface area contributed by atoms with Gasteiger partial charge in [-0.25, -0.2) is 0 Å². The van der Waals surface area contributed by atoms with Crippen molar-refractivity contribution in [3.05, 3.63) is 12.2 Å². The quantitative estimate of drug-likeness (QED) is 0.192. The number of carbonyl (C=O) groups is 1. The number of halogens is 1. The number of carboxylic acid groups (broad SMARTS) is 1. The van der Waals surface area contributed by atoms with Crippen LogP contribution in [0.2, 0.25) is 0 Å². The summed E-state index contributed by atoms with van der Waals surface area (Å²) in [5.74, 6) is -0.730. The predicted molar refractivity (Wildman–Crippen MR) is 110 cm³/mol. The highest BCUT2D eigenvalue weighted by Crippen LogP contribution is 2.50. The van der Waals surface area contributed by atoms with E-state index >= 15 is 0 Å². The highest BCUT2D eigenvalue weighted by Gasteiger charge is 2.59. The minimum Gasteiger partial charge on any atom is -0.481 e. The van der Waals surface area contributed by atoms with E-state index in [1.807, 2.05) is 12.2 Å². The molecule has 28 heavy (non-hydrogen) atoms. The second-order valence-corrected chi connectivity index (χ2v) is 9.72. The lowest BCUT2D eigenvalue weighted by molar-refractivity contribution is -0.137. The summed E-state index contributed by atoms with van der Waals surface area (Å²) in [7, 11) is 0. The summed E-state index contributed by atoms with van der Waals surface area (Å²) >= 11 is 6.52. The number of unbranched alkanes of at least 4 members (excludes halogenated alkanes) is 2. The minimum absolute atomic E-state index is 0.0622. The molecule has 0 aromatic rings. The van der Waals surface area contributed by atoms with Crippen molar-refractivity contribution in [2.24, 2.45) is 17.3 Å². The molecule has 5 nitrogen and oxygen atoms in total. The van der Waals surface area contributed by atoms with Crippen molar-refractivity contribution in [3.8, 4) is 0 Å². The molecule has 6 heteroatoms. The third kappa shape index (κ3) is 6.19. The molecule has 162 valence electrons. The Kier molecular flexibility index (Phi) is 8.80. The maximum absolute atomic E-state index is 10.8. The summed E-state index contributed by atoms with van der Waals surface area (Å²) in [6.07, 6.45) is 8.58. The van der Waals surface area contributed by atoms with Crippen molar-refractivity contribution in [1.82, 2.24) is 0 Å². The molecule has 0 spiro atoms. The molecular formula is C22H37ClO5. The van der Waals surface area contributed by atoms with Gasteiger partial charge in [0.2, 0.25) is 0 Å². The van der Waals surface area contributed by atoms with E-state index in [0.717, 1.165) is 32.1 Å². The first-order valence-corrected chi connectivity index (χ1v) is 11.1. The normalized spacial score (nSPS) is 34.1. The highest BCUT2D eigenvalue weighted by molar-refractivity contribution is 6.21. The van der Waals surface area contributed by atoms with Crippen LogP contribution >= 0.6 is 11.6 Å². The van der Waals surface area contributed by atoms with Crippen molar-refractivity contribution < 1.29 is 24.9 Å². The molecule has 2 fully saturated rings. The van der Waals surface area contributed by atoms with Crippen molar-refractivity contribution in [3.63, 3.8) is 0 Å². The first-order chi connectivity index (χ1) is 13.2. The topological polar surface area (TPSA) is 90.3 Å². The van der Waals surface area contributed by atoms with Gasteiger partial charge in [0.15, 0.2) is 0 Å². The number of aliphatic hydroxyl groups is 2. The van der Waals surface area contributed by atoms with Gasteiger partial charge in [-0.3, -0.25) is 4.79 Å². The molecule has 0 amide bonds. The Labute approximate surface area is 174 Å². The summed E-state index contributed by atoms with van der Waals surface area (Å²) in [4.78, 5) is 10.6. The second-order valence-electron chi connectivity index (χ2n) is 9.16. The van der Waals surface area contributed by atoms with Gasteiger partial charge in [-0.1, -0.05) is 45.8 Å². The SMILES string of the molecule is CCCCC(C)(C)[C@H](O)C1OC1[C@@H]1[C@@H](C/C=C\CCCC(=O)O)[C@H](Cl)C[C@H]1O. The van der Waals surface area contributed by atoms with Gasteiger partial charge in [0.05, 0.1) is 18.3 Å². The van der Waals surface area contributed by atoms with Gasteiger partial charge in [0, 0.05) is 17.7 Å². The number of rotatable bonds is 12. The molecule has 2 rings (SSSR count). The van der Waals surface area contributed by atoms with Crippen LogP contribution in [0.4, 0.5) is 0 Å². The van der Waals surface area contributed by atoms with Crippen LogP contribution in [-0.2, 0) is 9.53 Å². The molecule has 0 aromatic carbocycles. The zero-order chi connectivity index (χ0) is 20.9. The molecule has 1 aliphatic carbocycles. The van der Waals surface area contributed by atoms with Gasteiger partial charge in [0.1, 0.15) is 6.10 Å². The molecular weight excluding hydrogens is 380 g/mol. The van der Waals surface area contributed by atoms with Crippen molar-refractivity contribution in [2.75, 3.05) is 0 Å². The van der Waals surface area contributed by atoms with Gasteiger partial charge in [-0.05, 0) is 43.4 Å². The molecule has 1 heterocycles. The fourth-order valence-electron chi connectivity index (χ4n) is 4.52. The Bertz CT molecular complexity index is 535. The predicted octanol–water partition coefficient (Wildman–Crippen LogP) is 4.14. The van der Waals surface area contributed by atoms with Crippen LogP contribution < -0.4 is 0 Å². The fraction of sp³-hybridized carbons (Fsp3) is 0.864. The lowest BCUT2D eigenvalue weighted by atomic mass is 9.77. The summed E-state index contributed by atoms with van der Waals surface area (Å²) in [5.41, 5.74) is -0.209. The smallest absolute Gasteiger partial charge is 0.303 e. The molecule has 1 saturated carbocycles. The fourth-order valence-corrected chi connectivity index (χ4v) is 4.98. The van der Waals surface area contributed by atoms with E-state index in [1.54, 1.807) is 0 Å². The first kappa shape index (κ1) is 23.7. The molecule has 0 aromatic heterocycles. The highest BCUT2D eigenvalue weighted by atomic mass is 35.5. The van der Waals surface area contributed by atoms with Crippen LogP contribution in [-0.4, -0.2) is 51.1 Å². The number of epoxide rings is 1. The number of aliphatic hydroxyl groups excluding tert-OH is 2. The molecule has 7 atom stereocenters. The van der Waals surface area contributed by atoms with Crippen molar-refractivity contribution >= 4 is 17.6 Å². The van der Waals surface area contributed by atoms with Crippen LogP contribution in [0.1, 0.15) is 72.1 Å². The number of alkyl halides is 1. The van der Waals surface area contributed by atoms with E-state index in [-0.39, 0.29) is 41.3 Å². The molecule has 3 N–H and O–H groups in total. The number of aliphatic carboxylic acids is 1. The largest absolute Gasteiger partial charge is 0.481 e. The Hall–Kier alpha value is -0.620. The average Bonchev–Trinajstić information content (AvgIpc) is 3.34. The van der Waals surface area contributed by atoms with E-state index in [0.29, 0.717) is 12.8 Å². The molecule has 0 bridgehead atoms. The standard InChI is InChI=1S/C22H37ClO5/c1-4-5-12-22(2,3)21(27)20-19(28-20)18-14(15(23)13-16(18)24)10-8-6-7-9-11-17(25)26/h6,8,14-16,18-21,24,27H,4-5,7,9-13H2,1-3H3,(H,25,26)/b8-6-/t14-,15+,16+,18+,19?,20?,21+/m0/s1. The first-order valence-electron chi connectivity index (χ1n) is 10.7. The zero-order valence-electron chi connectivity index (χ0n) is 17.4. The van der Waals surface area contributed by atoms with E-state index in [1.165, 1.54) is 0 Å². The number of allylic oxidation sites excluding steroid dienone is 2. The minimum atomic E-state index is -0.773. The third-order valence-electron chi connectivity index (χ3n) is 6.43. The van der Waals surface area contributed by atoms with Gasteiger partial charge in [-0.15, -0.1) is 11.6 Å². The van der Waals surface area contributed by atoms with Crippen LogP contribution in [0.5, 0.6) is 0 Å². The van der Waals surface area contributed by atoms with E-state index in [4.69, 9.17) is 21.4 Å². The van der Waals surface area contributed by atoms with Gasteiger partial charge < -0.3 is 20.1 Å². The van der Waals surface area contributed by atoms with Gasteiger partial charge in [-0.2, -0.15) is 0 Å². The monoisotopic (exact) mass is 416 g/mol. The average molecular weight is 417 g/mol. The van der Waals surface area contributed by atoms with E-state index < -0.39 is 18.2 Å². The van der Waals surface area contributed by atoms with Gasteiger partial charge in [0.25, 0.3) is 0 Å². The van der Waals surface area contributed by atoms with Crippen molar-refractivity contribution in [1.29, 1.82) is 0 Å². The maximum atomic E-state index is 10.8. The molecule has 0 radical (unpaired) electrons. The molecule has 2 unspecified atom stereocenters. The molecule has 1 saturated heterocycles. The molecule has 1 aliphatic heterocycles. The molecule has 2 aliphatic rings. The Morgan fingerprint density at radius 2 is 2.04 bits per heavy atom. The Balaban J connectivity index is 1.90. The summed E-state index contributed by atoms with van der Waals surface area (Å²) < 4.78 is 5.89. The van der Waals surface area contributed by atoms with Gasteiger partial charge >= 0.3 is 5.97 Å².